The van der Waals surface area contributed by atoms with Crippen LogP contribution in [0.1, 0.15) is 0 Å². The van der Waals surface area contributed by atoms with Crippen molar-refractivity contribution < 1.29 is 21.1 Å². The van der Waals surface area contributed by atoms with Gasteiger partial charge in [0.15, 0.2) is 0 Å². The van der Waals surface area contributed by atoms with Crippen LogP contribution in [-0.4, -0.2) is 14.1 Å². The second-order valence-corrected chi connectivity index (χ2v) is 0.500. The van der Waals surface area contributed by atoms with Gasteiger partial charge in [0.1, 0.15) is 0 Å². The van der Waals surface area contributed by atoms with Crippen LogP contribution < -0.4 is 5.32 Å². The molecule has 0 fully saturated rings. The molecule has 0 aromatic carbocycles. The quantitative estimate of drug-likeness (QED) is 0.462. The normalized spacial score (nSPS) is 4.50. The molecule has 0 atom stereocenters. The molecule has 0 saturated heterocycles. The number of nitrogens with one attached hydrogen (secondary N) is 1. The minimum Gasteiger partial charge on any atom is -0.323 e. The molecule has 4 heavy (non-hydrogen) atoms. The van der Waals surface area contributed by atoms with E-state index in [0.717, 1.165) is 0 Å². The summed E-state index contributed by atoms with van der Waals surface area (Å²) in [6.07, 6.45) is 0. The maximum absolute atomic E-state index is 2.75. The third-order valence-electron chi connectivity index (χ3n) is 0. The zero-order valence-corrected chi connectivity index (χ0v) is 4.92. The van der Waals surface area contributed by atoms with Crippen molar-refractivity contribution in [3.63, 3.8) is 0 Å². The molecule has 2 heteroatoms. The fraction of sp³-hybridized carbons (Fsp3) is 1.00. The van der Waals surface area contributed by atoms with Gasteiger partial charge in [0, 0.05) is 0 Å². The molecule has 0 aliphatic rings. The Bertz CT molecular complexity index is 6.00. The molecular weight excluding hydrogens is 134 g/mol. The molecule has 1 N–H and O–H groups in total. The van der Waals surface area contributed by atoms with E-state index in [2.05, 4.69) is 5.32 Å². The van der Waals surface area contributed by atoms with Crippen molar-refractivity contribution in [1.82, 2.24) is 5.32 Å². The maximum Gasteiger partial charge on any atom is 4.00 e. The van der Waals surface area contributed by atoms with Gasteiger partial charge in [0.25, 0.3) is 0 Å². The van der Waals surface area contributed by atoms with Crippen LogP contribution in [0.5, 0.6) is 0 Å². The fourth-order valence-electron chi connectivity index (χ4n) is 0. The molecule has 0 aliphatic heterocycles. The van der Waals surface area contributed by atoms with Gasteiger partial charge in [-0.15, -0.1) is 0 Å². The van der Waals surface area contributed by atoms with Gasteiger partial charge in [-0.05, 0) is 14.1 Å². The van der Waals surface area contributed by atoms with Crippen LogP contribution in [0.4, 0.5) is 0 Å². The average molecular weight is 141 g/mol. The van der Waals surface area contributed by atoms with E-state index < -0.39 is 0 Å². The van der Waals surface area contributed by atoms with E-state index in [1.807, 2.05) is 14.1 Å². The molecule has 0 aliphatic carbocycles. The van der Waals surface area contributed by atoms with Crippen LogP contribution in [0, 0.1) is 0 Å². The largest absolute Gasteiger partial charge is 4.00 e. The molecule has 1 nitrogen and oxygen atoms in total. The minimum absolute atomic E-state index is 0. The van der Waals surface area contributed by atoms with E-state index >= 15 is 0 Å². The van der Waals surface area contributed by atoms with E-state index in [1.165, 1.54) is 0 Å². The third-order valence-corrected chi connectivity index (χ3v) is 0. The smallest absolute Gasteiger partial charge is 0.323 e. The predicted octanol–water partition coefficient (Wildman–Crippen LogP) is -0.167. The van der Waals surface area contributed by atoms with Crippen LogP contribution in [0.15, 0.2) is 0 Å². The Morgan fingerprint density at radius 3 is 1.25 bits per heavy atom. The zero-order chi connectivity index (χ0) is 2.71. The van der Waals surface area contributed by atoms with Crippen molar-refractivity contribution in [3.8, 4) is 0 Å². The van der Waals surface area contributed by atoms with E-state index in [4.69, 9.17) is 0 Å². The summed E-state index contributed by atoms with van der Waals surface area (Å²) in [5, 5.41) is 2.75. The Hall–Kier alpha value is 0.648. The first-order chi connectivity index (χ1) is 1.41. The molecule has 0 aromatic heterocycles. The van der Waals surface area contributed by atoms with E-state index in [1.54, 1.807) is 0 Å². The summed E-state index contributed by atoms with van der Waals surface area (Å²) in [7, 11) is 3.75. The van der Waals surface area contributed by atoms with Gasteiger partial charge in [-0.3, -0.25) is 0 Å². The molecule has 0 amide bonds. The first-order valence-corrected chi connectivity index (χ1v) is 1.00. The molecule has 0 saturated carbocycles. The monoisotopic (exact) mass is 143 g/mol. The average Bonchev–Trinajstić information content (AvgIpc) is 0.918. The van der Waals surface area contributed by atoms with Gasteiger partial charge >= 0.3 is 21.1 Å². The molecule has 0 rings (SSSR count). The van der Waals surface area contributed by atoms with Gasteiger partial charge in [-0.2, -0.15) is 0 Å². The second-order valence-electron chi connectivity index (χ2n) is 0.500. The first-order valence-electron chi connectivity index (χ1n) is 1.00. The topological polar surface area (TPSA) is 12.0 Å². The van der Waals surface area contributed by atoms with Gasteiger partial charge in [-0.25, -0.2) is 0 Å². The van der Waals surface area contributed by atoms with Crippen LogP contribution in [0.3, 0.4) is 0 Å². The SMILES string of the molecule is CNC.[Mo+4]. The predicted molar refractivity (Wildman–Crippen MR) is 15.0 cm³/mol. The van der Waals surface area contributed by atoms with Crippen LogP contribution >= 0.6 is 0 Å². The molecule has 0 unspecified atom stereocenters. The van der Waals surface area contributed by atoms with Crippen molar-refractivity contribution in [2.45, 2.75) is 0 Å². The third kappa shape index (κ3) is 17.1. The number of hydrogen-bond donors (Lipinski definition) is 1. The van der Waals surface area contributed by atoms with E-state index in [-0.39, 0.29) is 21.1 Å². The van der Waals surface area contributed by atoms with Crippen LogP contribution in [-0.2, 0) is 21.1 Å². The number of hydrogen-bond acceptors (Lipinski definition) is 1. The fourth-order valence-corrected chi connectivity index (χ4v) is 0. The Morgan fingerprint density at radius 1 is 1.25 bits per heavy atom. The second kappa shape index (κ2) is 9.42. The zero-order valence-electron chi connectivity index (χ0n) is 2.91. The molecule has 0 bridgehead atoms. The van der Waals surface area contributed by atoms with Gasteiger partial charge in [0.2, 0.25) is 0 Å². The Morgan fingerprint density at radius 2 is 1.25 bits per heavy atom. The van der Waals surface area contributed by atoms with Crippen molar-refractivity contribution in [2.24, 2.45) is 0 Å². The van der Waals surface area contributed by atoms with Crippen LogP contribution in [0.2, 0.25) is 0 Å². The van der Waals surface area contributed by atoms with Crippen molar-refractivity contribution in [1.29, 1.82) is 0 Å². The van der Waals surface area contributed by atoms with Gasteiger partial charge in [-0.1, -0.05) is 0 Å². The van der Waals surface area contributed by atoms with Crippen LogP contribution in [0.25, 0.3) is 0 Å². The standard InChI is InChI=1S/C2H7N.Mo/c1-3-2;/h3H,1-2H3;/q;+4. The molecule has 22 valence electrons. The molecule has 0 heterocycles. The molecular formula is C2H7MoN+4. The Kier molecular flexibility index (Phi) is 20.8. The summed E-state index contributed by atoms with van der Waals surface area (Å²) < 4.78 is 0. The number of rotatable bonds is 0. The summed E-state index contributed by atoms with van der Waals surface area (Å²) >= 11 is 0. The summed E-state index contributed by atoms with van der Waals surface area (Å²) in [4.78, 5) is 0. The summed E-state index contributed by atoms with van der Waals surface area (Å²) in [5.74, 6) is 0. The van der Waals surface area contributed by atoms with E-state index in [0.29, 0.717) is 0 Å². The van der Waals surface area contributed by atoms with E-state index in [9.17, 15) is 0 Å². The molecule has 0 aromatic rings. The molecule has 0 radical (unpaired) electrons. The Labute approximate surface area is 41.0 Å². The first kappa shape index (κ1) is 8.82. The van der Waals surface area contributed by atoms with Crippen molar-refractivity contribution >= 4 is 0 Å². The molecule has 0 spiro atoms. The van der Waals surface area contributed by atoms with Crippen molar-refractivity contribution in [3.05, 3.63) is 0 Å². The summed E-state index contributed by atoms with van der Waals surface area (Å²) in [6.45, 7) is 0. The summed E-state index contributed by atoms with van der Waals surface area (Å²) in [6, 6.07) is 0. The Balaban J connectivity index is 0. The van der Waals surface area contributed by atoms with Crippen molar-refractivity contribution in [2.75, 3.05) is 14.1 Å². The summed E-state index contributed by atoms with van der Waals surface area (Å²) in [5.41, 5.74) is 0. The minimum atomic E-state index is 0. The van der Waals surface area contributed by atoms with Gasteiger partial charge < -0.3 is 5.32 Å². The van der Waals surface area contributed by atoms with Gasteiger partial charge in [0.05, 0.1) is 0 Å². The maximum atomic E-state index is 2.75.